The van der Waals surface area contributed by atoms with Crippen LogP contribution in [-0.2, 0) is 4.79 Å². The molecular weight excluding hydrogens is 258 g/mol. The van der Waals surface area contributed by atoms with E-state index in [2.05, 4.69) is 0 Å². The van der Waals surface area contributed by atoms with Crippen LogP contribution >= 0.6 is 0 Å². The molecule has 20 heavy (non-hydrogen) atoms. The second-order valence-corrected chi connectivity index (χ2v) is 5.79. The Balaban J connectivity index is 2.01. The molecule has 0 amide bonds. The van der Waals surface area contributed by atoms with Gasteiger partial charge in [0.2, 0.25) is 0 Å². The van der Waals surface area contributed by atoms with Crippen LogP contribution in [0.3, 0.4) is 0 Å². The summed E-state index contributed by atoms with van der Waals surface area (Å²) in [7, 11) is 0. The molecule has 3 heteroatoms. The zero-order valence-corrected chi connectivity index (χ0v) is 11.4. The zero-order valence-electron chi connectivity index (χ0n) is 11.4. The Hall–Kier alpha value is -1.51. The molecule has 3 rings (SSSR count). The molecule has 0 saturated heterocycles. The van der Waals surface area contributed by atoms with E-state index in [1.165, 1.54) is 30.9 Å². The highest BCUT2D eigenvalue weighted by Crippen LogP contribution is 2.41. The highest BCUT2D eigenvalue weighted by Gasteiger charge is 2.30. The van der Waals surface area contributed by atoms with Crippen LogP contribution in [-0.4, -0.2) is 5.78 Å². The molecule has 0 N–H and O–H groups in total. The summed E-state index contributed by atoms with van der Waals surface area (Å²) in [6.45, 7) is 0. The van der Waals surface area contributed by atoms with Crippen molar-refractivity contribution in [2.24, 2.45) is 5.92 Å². The molecule has 2 aliphatic carbocycles. The average Bonchev–Trinajstić information content (AvgIpc) is 2.85. The minimum atomic E-state index is -0.877. The second kappa shape index (κ2) is 5.47. The summed E-state index contributed by atoms with van der Waals surface area (Å²) in [4.78, 5) is 12.1. The fraction of sp³-hybridized carbons (Fsp3) is 0.471. The molecule has 0 unspecified atom stereocenters. The molecule has 0 aliphatic heterocycles. The minimum Gasteiger partial charge on any atom is -0.294 e. The fourth-order valence-corrected chi connectivity index (χ4v) is 3.53. The normalized spacial score (nSPS) is 20.8. The Kier molecular flexibility index (Phi) is 3.68. The summed E-state index contributed by atoms with van der Waals surface area (Å²) >= 11 is 0. The third-order valence-corrected chi connectivity index (χ3v) is 4.53. The number of benzene rings is 1. The van der Waals surface area contributed by atoms with Crippen molar-refractivity contribution in [1.29, 1.82) is 0 Å². The monoisotopic (exact) mass is 276 g/mol. The van der Waals surface area contributed by atoms with E-state index in [0.29, 0.717) is 23.5 Å². The minimum absolute atomic E-state index is 0.0802. The third kappa shape index (κ3) is 2.41. The van der Waals surface area contributed by atoms with Crippen molar-refractivity contribution >= 4 is 11.4 Å². The zero-order chi connectivity index (χ0) is 14.1. The van der Waals surface area contributed by atoms with Gasteiger partial charge < -0.3 is 0 Å². The van der Waals surface area contributed by atoms with Crippen molar-refractivity contribution in [2.75, 3.05) is 0 Å². The molecule has 0 spiro atoms. The van der Waals surface area contributed by atoms with E-state index in [9.17, 15) is 13.6 Å². The smallest absolute Gasteiger partial charge is 0.163 e. The van der Waals surface area contributed by atoms with Crippen molar-refractivity contribution in [1.82, 2.24) is 0 Å². The lowest BCUT2D eigenvalue weighted by Gasteiger charge is -2.24. The first-order valence-corrected chi connectivity index (χ1v) is 7.38. The van der Waals surface area contributed by atoms with Crippen LogP contribution in [0.5, 0.6) is 0 Å². The van der Waals surface area contributed by atoms with Crippen molar-refractivity contribution in [3.05, 3.63) is 41.0 Å². The summed E-state index contributed by atoms with van der Waals surface area (Å²) in [5.74, 6) is -1.20. The van der Waals surface area contributed by atoms with Gasteiger partial charge in [-0.15, -0.1) is 0 Å². The van der Waals surface area contributed by atoms with Crippen LogP contribution < -0.4 is 0 Å². The molecule has 0 atom stereocenters. The molecule has 1 saturated carbocycles. The predicted molar refractivity (Wildman–Crippen MR) is 74.1 cm³/mol. The molecule has 106 valence electrons. The summed E-state index contributed by atoms with van der Waals surface area (Å²) in [5.41, 5.74) is 2.39. The van der Waals surface area contributed by atoms with Crippen LogP contribution in [0.4, 0.5) is 8.78 Å². The molecular formula is C17H18F2O. The Labute approximate surface area is 117 Å². The number of ketones is 1. The largest absolute Gasteiger partial charge is 0.294 e. The quantitative estimate of drug-likeness (QED) is 0.767. The number of carbonyl (C=O) groups excluding carboxylic acids is 1. The van der Waals surface area contributed by atoms with Crippen LogP contribution in [0.15, 0.2) is 23.8 Å². The summed E-state index contributed by atoms with van der Waals surface area (Å²) in [5, 5.41) is 0. The van der Waals surface area contributed by atoms with Gasteiger partial charge in [-0.3, -0.25) is 4.79 Å². The van der Waals surface area contributed by atoms with Gasteiger partial charge in [0.15, 0.2) is 17.4 Å². The number of halogens is 2. The lowest BCUT2D eigenvalue weighted by atomic mass is 9.81. The molecule has 0 bridgehead atoms. The van der Waals surface area contributed by atoms with Gasteiger partial charge in [0.1, 0.15) is 0 Å². The number of allylic oxidation sites excluding steroid dienone is 2. The van der Waals surface area contributed by atoms with Crippen LogP contribution in [0.1, 0.15) is 50.5 Å². The Morgan fingerprint density at radius 1 is 0.950 bits per heavy atom. The van der Waals surface area contributed by atoms with Crippen LogP contribution in [0, 0.1) is 17.6 Å². The fourth-order valence-electron chi connectivity index (χ4n) is 3.53. The van der Waals surface area contributed by atoms with Crippen LogP contribution in [0.2, 0.25) is 0 Å². The second-order valence-electron chi connectivity index (χ2n) is 5.79. The number of hydrogen-bond acceptors (Lipinski definition) is 1. The van der Waals surface area contributed by atoms with Crippen molar-refractivity contribution < 1.29 is 13.6 Å². The maximum absolute atomic E-state index is 13.4. The molecule has 2 aliphatic rings. The number of carbonyl (C=O) groups is 1. The molecule has 0 aromatic heterocycles. The van der Waals surface area contributed by atoms with Crippen molar-refractivity contribution in [3.8, 4) is 0 Å². The Bertz CT molecular complexity index is 568. The maximum Gasteiger partial charge on any atom is 0.163 e. The highest BCUT2D eigenvalue weighted by molar-refractivity contribution is 6.23. The molecule has 0 heterocycles. The van der Waals surface area contributed by atoms with Crippen LogP contribution in [0.25, 0.3) is 5.57 Å². The van der Waals surface area contributed by atoms with E-state index in [1.807, 2.05) is 0 Å². The van der Waals surface area contributed by atoms with Gasteiger partial charge in [-0.25, -0.2) is 8.78 Å². The van der Waals surface area contributed by atoms with E-state index in [1.54, 1.807) is 0 Å². The molecule has 1 aromatic rings. The summed E-state index contributed by atoms with van der Waals surface area (Å²) in [6.07, 6.45) is 7.21. The Morgan fingerprint density at radius 2 is 1.70 bits per heavy atom. The van der Waals surface area contributed by atoms with Gasteiger partial charge in [-0.2, -0.15) is 0 Å². The molecule has 1 nitrogen and oxygen atoms in total. The lowest BCUT2D eigenvalue weighted by molar-refractivity contribution is -0.113. The van der Waals surface area contributed by atoms with Gasteiger partial charge in [-0.05, 0) is 42.9 Å². The van der Waals surface area contributed by atoms with E-state index >= 15 is 0 Å². The van der Waals surface area contributed by atoms with Crippen molar-refractivity contribution in [2.45, 2.75) is 44.9 Å². The average molecular weight is 276 g/mol. The maximum atomic E-state index is 13.4. The van der Waals surface area contributed by atoms with Gasteiger partial charge in [-0.1, -0.05) is 30.9 Å². The standard InChI is InChI=1S/C17H18F2O/c18-14-8-6-12(10-15(14)19)17-13(7-9-16(17)20)11-4-2-1-3-5-11/h6,8,10-11H,1-5,7,9H2. The SMILES string of the molecule is O=C1CCC(C2CCCCC2)=C1c1ccc(F)c(F)c1. The van der Waals surface area contributed by atoms with E-state index in [0.717, 1.165) is 31.4 Å². The first kappa shape index (κ1) is 13.5. The van der Waals surface area contributed by atoms with Gasteiger partial charge >= 0.3 is 0 Å². The van der Waals surface area contributed by atoms with Gasteiger partial charge in [0.25, 0.3) is 0 Å². The first-order chi connectivity index (χ1) is 9.66. The van der Waals surface area contributed by atoms with E-state index < -0.39 is 11.6 Å². The summed E-state index contributed by atoms with van der Waals surface area (Å²) < 4.78 is 26.5. The Morgan fingerprint density at radius 3 is 2.40 bits per heavy atom. The summed E-state index contributed by atoms with van der Waals surface area (Å²) in [6, 6.07) is 3.80. The third-order valence-electron chi connectivity index (χ3n) is 4.53. The topological polar surface area (TPSA) is 17.1 Å². The predicted octanol–water partition coefficient (Wildman–Crippen LogP) is 4.66. The number of hydrogen-bond donors (Lipinski definition) is 0. The molecule has 1 fully saturated rings. The van der Waals surface area contributed by atoms with Gasteiger partial charge in [0, 0.05) is 12.0 Å². The first-order valence-electron chi connectivity index (χ1n) is 7.38. The highest BCUT2D eigenvalue weighted by atomic mass is 19.2. The lowest BCUT2D eigenvalue weighted by Crippen LogP contribution is -2.09. The van der Waals surface area contributed by atoms with E-state index in [4.69, 9.17) is 0 Å². The van der Waals surface area contributed by atoms with Gasteiger partial charge in [0.05, 0.1) is 0 Å². The number of Topliss-reactive ketones (excluding diaryl/α,β-unsaturated/α-hetero) is 1. The molecule has 1 aromatic carbocycles. The van der Waals surface area contributed by atoms with Crippen molar-refractivity contribution in [3.63, 3.8) is 0 Å². The number of rotatable bonds is 2. The molecule has 0 radical (unpaired) electrons. The van der Waals surface area contributed by atoms with E-state index in [-0.39, 0.29) is 5.78 Å².